The van der Waals surface area contributed by atoms with Crippen molar-refractivity contribution in [3.63, 3.8) is 0 Å². The van der Waals surface area contributed by atoms with Crippen molar-refractivity contribution in [1.29, 1.82) is 0 Å². The molecule has 5 nitrogen and oxygen atoms in total. The van der Waals surface area contributed by atoms with E-state index in [0.717, 1.165) is 12.1 Å². The Morgan fingerprint density at radius 1 is 1.20 bits per heavy atom. The molecule has 0 aliphatic heterocycles. The third kappa shape index (κ3) is 3.61. The molecule has 0 bridgehead atoms. The third-order valence-corrected chi connectivity index (χ3v) is 3.79. The lowest BCUT2D eigenvalue weighted by molar-refractivity contribution is 0.0493. The predicted molar refractivity (Wildman–Crippen MR) is 87.8 cm³/mol. The fourth-order valence-electron chi connectivity index (χ4n) is 2.43. The zero-order valence-electron chi connectivity index (χ0n) is 13.3. The lowest BCUT2D eigenvalue weighted by atomic mass is 9.95. The van der Waals surface area contributed by atoms with Gasteiger partial charge in [-0.2, -0.15) is 0 Å². The summed E-state index contributed by atoms with van der Waals surface area (Å²) >= 11 is 0. The number of para-hydroxylation sites is 2. The van der Waals surface area contributed by atoms with Crippen molar-refractivity contribution in [3.8, 4) is 0 Å². The fourth-order valence-corrected chi connectivity index (χ4v) is 2.43. The summed E-state index contributed by atoms with van der Waals surface area (Å²) in [5.74, 6) is -2.18. The van der Waals surface area contributed by atoms with Gasteiger partial charge in [-0.3, -0.25) is 9.78 Å². The molecule has 0 saturated heterocycles. The van der Waals surface area contributed by atoms with Crippen molar-refractivity contribution in [2.75, 3.05) is 6.54 Å². The summed E-state index contributed by atoms with van der Waals surface area (Å²) in [6, 6.07) is 9.96. The summed E-state index contributed by atoms with van der Waals surface area (Å²) in [4.78, 5) is 20.6. The van der Waals surface area contributed by atoms with Gasteiger partial charge in [0, 0.05) is 11.6 Å². The second-order valence-electron chi connectivity index (χ2n) is 5.82. The van der Waals surface area contributed by atoms with Crippen molar-refractivity contribution in [2.24, 2.45) is 0 Å². The first kappa shape index (κ1) is 16.9. The number of benzene rings is 2. The Labute approximate surface area is 142 Å². The van der Waals surface area contributed by atoms with E-state index in [-0.39, 0.29) is 17.8 Å². The second kappa shape index (κ2) is 6.52. The highest BCUT2D eigenvalue weighted by molar-refractivity contribution is 5.93. The van der Waals surface area contributed by atoms with Gasteiger partial charge in [0.1, 0.15) is 22.9 Å². The highest BCUT2D eigenvalue weighted by Gasteiger charge is 2.28. The van der Waals surface area contributed by atoms with Gasteiger partial charge in [-0.05, 0) is 25.1 Å². The minimum Gasteiger partial charge on any atom is -0.383 e. The standard InChI is InChI=1S/C18H15F2N3O2/c1-18(25,12-7-6-11(19)8-13(12)20)10-22-17(24)16-9-21-14-4-2-3-5-15(14)23-16/h2-9,25H,10H2,1H3,(H,22,24)/t18-/m0/s1. The molecule has 1 heterocycles. The average molecular weight is 343 g/mol. The maximum atomic E-state index is 13.8. The molecule has 0 aliphatic carbocycles. The Hall–Kier alpha value is -2.93. The summed E-state index contributed by atoms with van der Waals surface area (Å²) in [5, 5.41) is 12.9. The van der Waals surface area contributed by atoms with Gasteiger partial charge >= 0.3 is 0 Å². The van der Waals surface area contributed by atoms with Crippen molar-refractivity contribution < 1.29 is 18.7 Å². The zero-order chi connectivity index (χ0) is 18.0. The van der Waals surface area contributed by atoms with Crippen LogP contribution in [0.15, 0.2) is 48.7 Å². The number of halogens is 2. The molecule has 2 aromatic carbocycles. The molecule has 0 saturated carbocycles. The molecule has 25 heavy (non-hydrogen) atoms. The molecule has 0 unspecified atom stereocenters. The molecule has 1 atom stereocenters. The Morgan fingerprint density at radius 2 is 1.92 bits per heavy atom. The van der Waals surface area contributed by atoms with Crippen molar-refractivity contribution in [2.45, 2.75) is 12.5 Å². The number of carbonyl (C=O) groups excluding carboxylic acids is 1. The van der Waals surface area contributed by atoms with Gasteiger partial charge in [-0.1, -0.05) is 18.2 Å². The van der Waals surface area contributed by atoms with Crippen molar-refractivity contribution in [3.05, 3.63) is 71.6 Å². The van der Waals surface area contributed by atoms with Crippen LogP contribution in [-0.2, 0) is 5.60 Å². The molecular formula is C18H15F2N3O2. The van der Waals surface area contributed by atoms with E-state index >= 15 is 0 Å². The van der Waals surface area contributed by atoms with E-state index in [1.165, 1.54) is 13.1 Å². The average Bonchev–Trinajstić information content (AvgIpc) is 2.59. The summed E-state index contributed by atoms with van der Waals surface area (Å²) in [6.07, 6.45) is 1.32. The van der Waals surface area contributed by atoms with Gasteiger partial charge in [0.25, 0.3) is 5.91 Å². The van der Waals surface area contributed by atoms with Crippen LogP contribution in [0.4, 0.5) is 8.78 Å². The highest BCUT2D eigenvalue weighted by atomic mass is 19.1. The number of carbonyl (C=O) groups is 1. The lowest BCUT2D eigenvalue weighted by Gasteiger charge is -2.24. The number of amides is 1. The van der Waals surface area contributed by atoms with E-state index < -0.39 is 23.1 Å². The molecule has 0 aliphatic rings. The molecule has 3 aromatic rings. The van der Waals surface area contributed by atoms with E-state index in [1.54, 1.807) is 18.2 Å². The molecule has 0 fully saturated rings. The minimum atomic E-state index is -1.71. The van der Waals surface area contributed by atoms with Crippen LogP contribution >= 0.6 is 0 Å². The first-order valence-corrected chi connectivity index (χ1v) is 7.55. The molecule has 7 heteroatoms. The maximum absolute atomic E-state index is 13.8. The Balaban J connectivity index is 1.75. The van der Waals surface area contributed by atoms with Crippen LogP contribution in [0.25, 0.3) is 11.0 Å². The van der Waals surface area contributed by atoms with Crippen LogP contribution in [0.1, 0.15) is 23.0 Å². The molecule has 2 N–H and O–H groups in total. The third-order valence-electron chi connectivity index (χ3n) is 3.79. The van der Waals surface area contributed by atoms with E-state index in [9.17, 15) is 18.7 Å². The largest absolute Gasteiger partial charge is 0.383 e. The normalized spacial score (nSPS) is 13.4. The Morgan fingerprint density at radius 3 is 2.64 bits per heavy atom. The van der Waals surface area contributed by atoms with E-state index in [2.05, 4.69) is 15.3 Å². The van der Waals surface area contributed by atoms with E-state index in [1.807, 2.05) is 6.07 Å². The molecular weight excluding hydrogens is 328 g/mol. The zero-order valence-corrected chi connectivity index (χ0v) is 13.3. The fraction of sp³-hybridized carbons (Fsp3) is 0.167. The summed E-state index contributed by atoms with van der Waals surface area (Å²) < 4.78 is 26.8. The van der Waals surface area contributed by atoms with Crippen molar-refractivity contribution >= 4 is 16.9 Å². The number of nitrogens with zero attached hydrogens (tertiary/aromatic N) is 2. The molecule has 3 rings (SSSR count). The second-order valence-corrected chi connectivity index (χ2v) is 5.82. The molecule has 128 valence electrons. The molecule has 0 radical (unpaired) electrons. The summed E-state index contributed by atoms with van der Waals surface area (Å²) in [7, 11) is 0. The highest BCUT2D eigenvalue weighted by Crippen LogP contribution is 2.23. The van der Waals surface area contributed by atoms with Crippen LogP contribution in [0.5, 0.6) is 0 Å². The monoisotopic (exact) mass is 343 g/mol. The summed E-state index contributed by atoms with van der Waals surface area (Å²) in [6.45, 7) is 1.05. The van der Waals surface area contributed by atoms with Gasteiger partial charge in [0.15, 0.2) is 0 Å². The van der Waals surface area contributed by atoms with Gasteiger partial charge in [0.2, 0.25) is 0 Å². The Bertz CT molecular complexity index is 945. The first-order chi connectivity index (χ1) is 11.9. The lowest BCUT2D eigenvalue weighted by Crippen LogP contribution is -2.39. The van der Waals surface area contributed by atoms with Crippen LogP contribution in [0, 0.1) is 11.6 Å². The van der Waals surface area contributed by atoms with E-state index in [0.29, 0.717) is 17.1 Å². The Kier molecular flexibility index (Phi) is 4.41. The number of hydrogen-bond donors (Lipinski definition) is 2. The molecule has 1 amide bonds. The van der Waals surface area contributed by atoms with Gasteiger partial charge < -0.3 is 10.4 Å². The topological polar surface area (TPSA) is 75.1 Å². The van der Waals surface area contributed by atoms with Crippen molar-refractivity contribution in [1.82, 2.24) is 15.3 Å². The number of aliphatic hydroxyl groups is 1. The number of nitrogens with one attached hydrogen (secondary N) is 1. The van der Waals surface area contributed by atoms with Gasteiger partial charge in [-0.15, -0.1) is 0 Å². The van der Waals surface area contributed by atoms with Crippen LogP contribution in [0.3, 0.4) is 0 Å². The van der Waals surface area contributed by atoms with Gasteiger partial charge in [0.05, 0.1) is 23.8 Å². The number of rotatable bonds is 4. The minimum absolute atomic E-state index is 0.0779. The number of hydrogen-bond acceptors (Lipinski definition) is 4. The SMILES string of the molecule is C[C@](O)(CNC(=O)c1cnc2ccccc2n1)c1ccc(F)cc1F. The first-order valence-electron chi connectivity index (χ1n) is 7.55. The van der Waals surface area contributed by atoms with E-state index in [4.69, 9.17) is 0 Å². The molecule has 0 spiro atoms. The quantitative estimate of drug-likeness (QED) is 0.763. The smallest absolute Gasteiger partial charge is 0.271 e. The number of aromatic nitrogens is 2. The summed E-state index contributed by atoms with van der Waals surface area (Å²) in [5.41, 5.74) is -0.531. The van der Waals surface area contributed by atoms with Crippen LogP contribution in [-0.4, -0.2) is 27.5 Å². The van der Waals surface area contributed by atoms with Crippen LogP contribution < -0.4 is 5.32 Å². The molecule has 1 aromatic heterocycles. The number of fused-ring (bicyclic) bond motifs is 1. The predicted octanol–water partition coefficient (Wildman–Crippen LogP) is 2.55. The van der Waals surface area contributed by atoms with Gasteiger partial charge in [-0.25, -0.2) is 13.8 Å². The maximum Gasteiger partial charge on any atom is 0.271 e. The van der Waals surface area contributed by atoms with Crippen LogP contribution in [0.2, 0.25) is 0 Å².